The van der Waals surface area contributed by atoms with E-state index in [1.165, 1.54) is 12.1 Å². The minimum absolute atomic E-state index is 0.142. The molecule has 0 aromatic heterocycles. The molecule has 0 radical (unpaired) electrons. The highest BCUT2D eigenvalue weighted by atomic mass is 35.5. The van der Waals surface area contributed by atoms with Crippen molar-refractivity contribution in [1.82, 2.24) is 4.47 Å². The Bertz CT molecular complexity index is 980. The van der Waals surface area contributed by atoms with E-state index >= 15 is 0 Å². The standard InChI is InChI=1S/C14H15ClN2O7S/c1-4-24-13-9(11(19)12(13)20)16-8-6-5-7(15)14(10(8)18)25(21,22)17(2)23-3/h5-6,16,18H,4H2,1-3H3/p-1. The quantitative estimate of drug-likeness (QED) is 0.530. The van der Waals surface area contributed by atoms with Gasteiger partial charge in [-0.3, -0.25) is 14.4 Å². The molecule has 2 rings (SSSR count). The Hall–Kier alpha value is -2.14. The monoisotopic (exact) mass is 389 g/mol. The predicted octanol–water partition coefficient (Wildman–Crippen LogP) is 0.334. The first-order valence-corrected chi connectivity index (χ1v) is 8.74. The molecule has 0 saturated carbocycles. The van der Waals surface area contributed by atoms with E-state index in [9.17, 15) is 23.1 Å². The molecule has 2 aromatic carbocycles. The van der Waals surface area contributed by atoms with Gasteiger partial charge in [0, 0.05) is 12.7 Å². The maximum atomic E-state index is 12.5. The molecule has 1 N–H and O–H groups in total. The third-order valence-electron chi connectivity index (χ3n) is 3.33. The van der Waals surface area contributed by atoms with Crippen LogP contribution in [0.5, 0.6) is 11.5 Å². The average molecular weight is 390 g/mol. The summed E-state index contributed by atoms with van der Waals surface area (Å²) in [7, 11) is -2.12. The minimum Gasteiger partial charge on any atom is -0.870 e. The number of hydrogen-bond donors (Lipinski definition) is 1. The number of anilines is 2. The van der Waals surface area contributed by atoms with Gasteiger partial charge in [-0.2, -0.15) is 0 Å². The number of nitrogens with one attached hydrogen (secondary N) is 1. The summed E-state index contributed by atoms with van der Waals surface area (Å²) in [4.78, 5) is 27.0. The molecular formula is C14H14ClN2O7S-. The van der Waals surface area contributed by atoms with Crippen LogP contribution < -0.4 is 26.0 Å². The van der Waals surface area contributed by atoms with E-state index < -0.39 is 31.5 Å². The molecular weight excluding hydrogens is 376 g/mol. The van der Waals surface area contributed by atoms with E-state index in [0.29, 0.717) is 4.47 Å². The molecule has 2 aromatic rings. The molecule has 0 aliphatic heterocycles. The summed E-state index contributed by atoms with van der Waals surface area (Å²) < 4.78 is 30.2. The number of hydrogen-bond acceptors (Lipinski definition) is 8. The maximum absolute atomic E-state index is 12.5. The van der Waals surface area contributed by atoms with Crippen LogP contribution in [-0.4, -0.2) is 33.7 Å². The zero-order valence-electron chi connectivity index (χ0n) is 13.5. The van der Waals surface area contributed by atoms with Crippen LogP contribution in [0.3, 0.4) is 0 Å². The number of rotatable bonds is 7. The van der Waals surface area contributed by atoms with Gasteiger partial charge in [0.1, 0.15) is 5.69 Å². The van der Waals surface area contributed by atoms with Crippen LogP contribution in [0, 0.1) is 0 Å². The van der Waals surface area contributed by atoms with Crippen LogP contribution in [0.2, 0.25) is 5.02 Å². The van der Waals surface area contributed by atoms with E-state index in [2.05, 4.69) is 10.2 Å². The summed E-state index contributed by atoms with van der Waals surface area (Å²) in [6.45, 7) is 1.76. The fraction of sp³-hybridized carbons (Fsp3) is 0.286. The van der Waals surface area contributed by atoms with Gasteiger partial charge in [0.15, 0.2) is 5.75 Å². The van der Waals surface area contributed by atoms with Crippen LogP contribution in [0.25, 0.3) is 0 Å². The molecule has 0 heterocycles. The van der Waals surface area contributed by atoms with Gasteiger partial charge >= 0.3 is 0 Å². The van der Waals surface area contributed by atoms with Crippen molar-refractivity contribution in [1.29, 1.82) is 0 Å². The van der Waals surface area contributed by atoms with Crippen molar-refractivity contribution in [3.63, 3.8) is 0 Å². The van der Waals surface area contributed by atoms with Crippen molar-refractivity contribution in [2.45, 2.75) is 11.8 Å². The summed E-state index contributed by atoms with van der Waals surface area (Å²) in [5, 5.41) is 14.7. The van der Waals surface area contributed by atoms with Crippen molar-refractivity contribution in [3.8, 4) is 11.5 Å². The third kappa shape index (κ3) is 3.21. The zero-order chi connectivity index (χ0) is 18.9. The van der Waals surface area contributed by atoms with Crippen LogP contribution in [0.4, 0.5) is 11.4 Å². The lowest BCUT2D eigenvalue weighted by Crippen LogP contribution is -2.35. The number of halogens is 1. The van der Waals surface area contributed by atoms with E-state index in [1.807, 2.05) is 0 Å². The fourth-order valence-electron chi connectivity index (χ4n) is 2.01. The number of nitrogens with zero attached hydrogens (tertiary/aromatic N) is 1. The van der Waals surface area contributed by atoms with Crippen LogP contribution in [-0.2, 0) is 14.9 Å². The Kier molecular flexibility index (Phi) is 5.37. The second kappa shape index (κ2) is 7.00. The Labute approximate surface area is 148 Å². The highest BCUT2D eigenvalue weighted by Gasteiger charge is 2.27. The fourth-order valence-corrected chi connectivity index (χ4v) is 3.56. The van der Waals surface area contributed by atoms with Gasteiger partial charge < -0.3 is 15.2 Å². The average Bonchev–Trinajstić information content (AvgIpc) is 2.58. The lowest BCUT2D eigenvalue weighted by Gasteiger charge is -2.24. The lowest BCUT2D eigenvalue weighted by atomic mass is 10.2. The number of ether oxygens (including phenoxy) is 1. The van der Waals surface area contributed by atoms with E-state index in [0.717, 1.165) is 14.2 Å². The minimum atomic E-state index is -4.32. The highest BCUT2D eigenvalue weighted by molar-refractivity contribution is 7.89. The lowest BCUT2D eigenvalue weighted by molar-refractivity contribution is -0.271. The van der Waals surface area contributed by atoms with Gasteiger partial charge in [0.2, 0.25) is 0 Å². The number of hydroxylamine groups is 1. The Morgan fingerprint density at radius 1 is 1.28 bits per heavy atom. The first-order chi connectivity index (χ1) is 11.7. The second-order valence-electron chi connectivity index (χ2n) is 4.77. The largest absolute Gasteiger partial charge is 0.870 e. The molecule has 0 spiro atoms. The summed E-state index contributed by atoms with van der Waals surface area (Å²) in [5.74, 6) is -1.19. The normalized spacial score (nSPS) is 11.9. The Balaban J connectivity index is 2.53. The molecule has 0 atom stereocenters. The van der Waals surface area contributed by atoms with E-state index in [1.54, 1.807) is 6.92 Å². The summed E-state index contributed by atoms with van der Waals surface area (Å²) >= 11 is 5.85. The first-order valence-electron chi connectivity index (χ1n) is 6.92. The van der Waals surface area contributed by atoms with Crippen LogP contribution >= 0.6 is 11.6 Å². The third-order valence-corrected chi connectivity index (χ3v) is 5.51. The van der Waals surface area contributed by atoms with Crippen LogP contribution in [0.15, 0.2) is 26.6 Å². The predicted molar refractivity (Wildman–Crippen MR) is 88.7 cm³/mol. The molecule has 0 bridgehead atoms. The molecule has 0 fully saturated rings. The summed E-state index contributed by atoms with van der Waals surface area (Å²) in [6, 6.07) is 2.37. The van der Waals surface area contributed by atoms with Crippen molar-refractivity contribution in [2.75, 3.05) is 26.1 Å². The Morgan fingerprint density at radius 2 is 1.92 bits per heavy atom. The second-order valence-corrected chi connectivity index (χ2v) is 7.05. The first kappa shape index (κ1) is 19.2. The summed E-state index contributed by atoms with van der Waals surface area (Å²) in [5.41, 5.74) is -2.15. The Morgan fingerprint density at radius 3 is 2.48 bits per heavy atom. The van der Waals surface area contributed by atoms with Gasteiger partial charge in [-0.15, -0.1) is 0 Å². The van der Waals surface area contributed by atoms with Crippen molar-refractivity contribution >= 4 is 33.0 Å². The molecule has 25 heavy (non-hydrogen) atoms. The van der Waals surface area contributed by atoms with Crippen LogP contribution in [0.1, 0.15) is 6.92 Å². The van der Waals surface area contributed by atoms with E-state index in [-0.39, 0.29) is 28.8 Å². The summed E-state index contributed by atoms with van der Waals surface area (Å²) in [6.07, 6.45) is 0. The molecule has 136 valence electrons. The molecule has 0 amide bonds. The van der Waals surface area contributed by atoms with Gasteiger partial charge in [0.25, 0.3) is 20.9 Å². The van der Waals surface area contributed by atoms with Crippen molar-refractivity contribution in [3.05, 3.63) is 37.6 Å². The smallest absolute Gasteiger partial charge is 0.272 e. The SMILES string of the molecule is CCOc1c(Nc2ccc(Cl)c(S(=O)(=O)N(C)OC)c2[O-])c(=O)c1=O. The molecule has 0 unspecified atom stereocenters. The van der Waals surface area contributed by atoms with Gasteiger partial charge in [-0.1, -0.05) is 21.8 Å². The number of sulfonamides is 1. The zero-order valence-corrected chi connectivity index (χ0v) is 15.0. The maximum Gasteiger partial charge on any atom is 0.272 e. The molecule has 0 aliphatic rings. The molecule has 9 nitrogen and oxygen atoms in total. The number of benzene rings is 1. The van der Waals surface area contributed by atoms with Gasteiger partial charge in [-0.05, 0) is 19.1 Å². The van der Waals surface area contributed by atoms with E-state index in [4.69, 9.17) is 16.3 Å². The van der Waals surface area contributed by atoms with Gasteiger partial charge in [0.05, 0.1) is 23.6 Å². The topological polar surface area (TPSA) is 125 Å². The highest BCUT2D eigenvalue weighted by Crippen LogP contribution is 2.38. The molecule has 11 heteroatoms. The molecule has 0 saturated heterocycles. The molecule has 0 aliphatic carbocycles. The van der Waals surface area contributed by atoms with Gasteiger partial charge in [-0.25, -0.2) is 8.42 Å². The van der Waals surface area contributed by atoms with Crippen molar-refractivity contribution in [2.24, 2.45) is 0 Å². The van der Waals surface area contributed by atoms with Crippen molar-refractivity contribution < 1.29 is 23.1 Å².